The molecule has 3 nitrogen and oxygen atoms in total. The molecule has 1 aromatic rings. The van der Waals surface area contributed by atoms with Crippen molar-refractivity contribution < 1.29 is 0 Å². The van der Waals surface area contributed by atoms with E-state index in [9.17, 15) is 0 Å². The molecular formula is C8H7ClIN3. The molecule has 0 radical (unpaired) electrons. The van der Waals surface area contributed by atoms with E-state index in [0.29, 0.717) is 6.54 Å². The fourth-order valence-electron chi connectivity index (χ4n) is 0.885. The summed E-state index contributed by atoms with van der Waals surface area (Å²) in [7, 11) is 0. The lowest BCUT2D eigenvalue weighted by atomic mass is 10.1. The highest BCUT2D eigenvalue weighted by atomic mass is 127. The highest BCUT2D eigenvalue weighted by Crippen LogP contribution is 2.24. The average Bonchev–Trinajstić information content (AvgIpc) is 2.15. The smallest absolute Gasteiger partial charge is 0.0417 e. The molecule has 0 heterocycles. The van der Waals surface area contributed by atoms with Gasteiger partial charge in [0.2, 0.25) is 0 Å². The molecule has 0 fully saturated rings. The third kappa shape index (κ3) is 3.42. The molecule has 0 N–H and O–H groups in total. The summed E-state index contributed by atoms with van der Waals surface area (Å²) in [6.45, 7) is 0.471. The van der Waals surface area contributed by atoms with Crippen LogP contribution in [0, 0.1) is 0 Å². The van der Waals surface area contributed by atoms with Crippen molar-refractivity contribution >= 4 is 34.2 Å². The van der Waals surface area contributed by atoms with E-state index in [1.54, 1.807) is 0 Å². The summed E-state index contributed by atoms with van der Waals surface area (Å²) in [6.07, 6.45) is 0. The van der Waals surface area contributed by atoms with E-state index in [1.807, 2.05) is 24.3 Å². The Hall–Kier alpha value is -0.450. The lowest BCUT2D eigenvalue weighted by Gasteiger charge is -2.05. The van der Waals surface area contributed by atoms with Gasteiger partial charge in [-0.25, -0.2) is 0 Å². The first-order valence-corrected chi connectivity index (χ1v) is 5.27. The van der Waals surface area contributed by atoms with Crippen molar-refractivity contribution in [3.05, 3.63) is 45.3 Å². The second-order valence-electron chi connectivity index (χ2n) is 2.43. The summed E-state index contributed by atoms with van der Waals surface area (Å²) < 4.78 is 0.214. The predicted molar refractivity (Wildman–Crippen MR) is 62.2 cm³/mol. The van der Waals surface area contributed by atoms with Crippen molar-refractivity contribution in [2.75, 3.05) is 6.54 Å². The van der Waals surface area contributed by atoms with Gasteiger partial charge in [-0.2, -0.15) is 0 Å². The lowest BCUT2D eigenvalue weighted by molar-refractivity contribution is 0.962. The second kappa shape index (κ2) is 5.32. The number of hydrogen-bond acceptors (Lipinski definition) is 1. The van der Waals surface area contributed by atoms with E-state index in [4.69, 9.17) is 17.1 Å². The zero-order chi connectivity index (χ0) is 9.68. The van der Waals surface area contributed by atoms with E-state index in [0.717, 1.165) is 10.6 Å². The summed E-state index contributed by atoms with van der Waals surface area (Å²) in [5, 5.41) is 4.23. The van der Waals surface area contributed by atoms with Crippen LogP contribution in [-0.4, -0.2) is 6.54 Å². The van der Waals surface area contributed by atoms with Gasteiger partial charge in [-0.1, -0.05) is 51.4 Å². The quantitative estimate of drug-likeness (QED) is 0.265. The molecule has 1 atom stereocenters. The number of hydrogen-bond donors (Lipinski definition) is 0. The number of azide groups is 1. The minimum atomic E-state index is 0.214. The van der Waals surface area contributed by atoms with Gasteiger partial charge < -0.3 is 0 Å². The van der Waals surface area contributed by atoms with Crippen molar-refractivity contribution in [1.29, 1.82) is 0 Å². The number of nitrogens with zero attached hydrogens (tertiary/aromatic N) is 3. The molecule has 1 unspecified atom stereocenters. The Morgan fingerprint density at radius 2 is 2.08 bits per heavy atom. The second-order valence-corrected chi connectivity index (χ2v) is 4.37. The van der Waals surface area contributed by atoms with Gasteiger partial charge in [0.05, 0.1) is 0 Å². The van der Waals surface area contributed by atoms with Crippen LogP contribution in [0.15, 0.2) is 29.4 Å². The van der Waals surface area contributed by atoms with Crippen LogP contribution in [0.5, 0.6) is 0 Å². The minimum Gasteiger partial charge on any atom is -0.0925 e. The fourth-order valence-corrected chi connectivity index (χ4v) is 1.60. The summed E-state index contributed by atoms with van der Waals surface area (Å²) in [5.41, 5.74) is 9.26. The van der Waals surface area contributed by atoms with Gasteiger partial charge in [0.1, 0.15) is 0 Å². The maximum Gasteiger partial charge on any atom is 0.0417 e. The van der Waals surface area contributed by atoms with Crippen molar-refractivity contribution in [2.24, 2.45) is 5.11 Å². The molecule has 13 heavy (non-hydrogen) atoms. The van der Waals surface area contributed by atoms with Gasteiger partial charge in [-0.3, -0.25) is 0 Å². The highest BCUT2D eigenvalue weighted by molar-refractivity contribution is 14.1. The van der Waals surface area contributed by atoms with Crippen LogP contribution in [0.4, 0.5) is 0 Å². The van der Waals surface area contributed by atoms with Gasteiger partial charge in [0, 0.05) is 20.4 Å². The maximum absolute atomic E-state index is 8.14. The van der Waals surface area contributed by atoms with Crippen LogP contribution in [-0.2, 0) is 0 Å². The first-order chi connectivity index (χ1) is 6.24. The van der Waals surface area contributed by atoms with E-state index in [1.165, 1.54) is 0 Å². The van der Waals surface area contributed by atoms with Crippen molar-refractivity contribution in [3.8, 4) is 0 Å². The SMILES string of the molecule is [N-]=[N+]=NCC(I)c1ccc(Cl)cc1. The summed E-state index contributed by atoms with van der Waals surface area (Å²) in [6, 6.07) is 7.54. The number of rotatable bonds is 3. The van der Waals surface area contributed by atoms with Gasteiger partial charge in [0.25, 0.3) is 0 Å². The van der Waals surface area contributed by atoms with Gasteiger partial charge in [-0.15, -0.1) is 0 Å². The maximum atomic E-state index is 8.14. The largest absolute Gasteiger partial charge is 0.0925 e. The van der Waals surface area contributed by atoms with E-state index in [2.05, 4.69) is 32.6 Å². The minimum absolute atomic E-state index is 0.214. The van der Waals surface area contributed by atoms with E-state index < -0.39 is 0 Å². The molecule has 0 saturated heterocycles. The molecule has 0 amide bonds. The van der Waals surface area contributed by atoms with Crippen LogP contribution in [0.1, 0.15) is 9.49 Å². The zero-order valence-electron chi connectivity index (χ0n) is 6.69. The highest BCUT2D eigenvalue weighted by Gasteiger charge is 2.04. The first-order valence-electron chi connectivity index (χ1n) is 3.64. The van der Waals surface area contributed by atoms with Gasteiger partial charge in [0.15, 0.2) is 0 Å². The Morgan fingerprint density at radius 3 is 2.62 bits per heavy atom. The Morgan fingerprint density at radius 1 is 1.46 bits per heavy atom. The molecule has 0 aliphatic carbocycles. The molecule has 0 saturated carbocycles. The van der Waals surface area contributed by atoms with Crippen LogP contribution >= 0.6 is 34.2 Å². The molecular weight excluding hydrogens is 300 g/mol. The van der Waals surface area contributed by atoms with Gasteiger partial charge >= 0.3 is 0 Å². The lowest BCUT2D eigenvalue weighted by Crippen LogP contribution is -1.92. The van der Waals surface area contributed by atoms with Crippen LogP contribution in [0.2, 0.25) is 5.02 Å². The van der Waals surface area contributed by atoms with Crippen molar-refractivity contribution in [3.63, 3.8) is 0 Å². The average molecular weight is 308 g/mol. The Bertz CT molecular complexity index is 319. The predicted octanol–water partition coefficient (Wildman–Crippen LogP) is 4.13. The van der Waals surface area contributed by atoms with Crippen molar-refractivity contribution in [1.82, 2.24) is 0 Å². The third-order valence-corrected chi connectivity index (χ3v) is 2.90. The fraction of sp³-hybridized carbons (Fsp3) is 0.250. The first kappa shape index (κ1) is 10.6. The molecule has 1 aromatic carbocycles. The molecule has 0 aliphatic heterocycles. The van der Waals surface area contributed by atoms with Crippen LogP contribution in [0.3, 0.4) is 0 Å². The van der Waals surface area contributed by atoms with Gasteiger partial charge in [-0.05, 0) is 23.2 Å². The number of benzene rings is 1. The standard InChI is InChI=1S/C8H7ClIN3/c9-7-3-1-6(2-4-7)8(10)5-12-13-11/h1-4,8H,5H2. The summed E-state index contributed by atoms with van der Waals surface area (Å²) in [4.78, 5) is 2.71. The van der Waals surface area contributed by atoms with Crippen molar-refractivity contribution in [2.45, 2.75) is 3.92 Å². The zero-order valence-corrected chi connectivity index (χ0v) is 9.60. The third-order valence-electron chi connectivity index (χ3n) is 1.54. The van der Waals surface area contributed by atoms with Crippen LogP contribution in [0.25, 0.3) is 10.4 Å². The van der Waals surface area contributed by atoms with E-state index in [-0.39, 0.29) is 3.92 Å². The summed E-state index contributed by atoms with van der Waals surface area (Å²) in [5.74, 6) is 0. The molecule has 0 aromatic heterocycles. The molecule has 0 bridgehead atoms. The summed E-state index contributed by atoms with van der Waals surface area (Å²) >= 11 is 7.97. The topological polar surface area (TPSA) is 48.8 Å². The monoisotopic (exact) mass is 307 g/mol. The Kier molecular flexibility index (Phi) is 4.35. The normalized spacial score (nSPS) is 11.8. The Labute approximate surface area is 94.9 Å². The molecule has 68 valence electrons. The van der Waals surface area contributed by atoms with Crippen LogP contribution < -0.4 is 0 Å². The Balaban J connectivity index is 2.71. The molecule has 5 heteroatoms. The molecule has 0 spiro atoms. The molecule has 1 rings (SSSR count). The molecule has 0 aliphatic rings. The van der Waals surface area contributed by atoms with E-state index >= 15 is 0 Å². The number of alkyl halides is 1. The number of halogens is 2.